The molecule has 0 spiro atoms. The van der Waals surface area contributed by atoms with Crippen LogP contribution in [0.2, 0.25) is 0 Å². The Morgan fingerprint density at radius 2 is 1.94 bits per heavy atom. The molecule has 1 amide bonds. The number of likely N-dealkylation sites (N-methyl/N-ethyl adjacent to an activating group) is 1. The second-order valence-electron chi connectivity index (χ2n) is 9.00. The highest BCUT2D eigenvalue weighted by Crippen LogP contribution is 2.51. The van der Waals surface area contributed by atoms with E-state index in [0.717, 1.165) is 4.57 Å². The molecular formula is C22H39N4O9P. The third-order valence-electron chi connectivity index (χ3n) is 5.68. The fourth-order valence-corrected chi connectivity index (χ4v) is 5.95. The number of nitrogens with zero attached hydrogens (tertiary/aromatic N) is 2. The first-order valence-electron chi connectivity index (χ1n) is 12.0. The van der Waals surface area contributed by atoms with Crippen LogP contribution in [-0.2, 0) is 27.9 Å². The predicted octanol–water partition coefficient (Wildman–Crippen LogP) is 0.0685. The van der Waals surface area contributed by atoms with E-state index in [2.05, 4.69) is 10.3 Å². The molecule has 3 N–H and O–H groups in total. The summed E-state index contributed by atoms with van der Waals surface area (Å²) in [6.07, 6.45) is -3.21. The van der Waals surface area contributed by atoms with Gasteiger partial charge in [0.15, 0.2) is 6.23 Å². The molecule has 1 fully saturated rings. The Hall–Kier alpha value is -1.86. The normalized spacial score (nSPS) is 23.2. The molecular weight excluding hydrogens is 495 g/mol. The Morgan fingerprint density at radius 1 is 1.31 bits per heavy atom. The van der Waals surface area contributed by atoms with E-state index >= 15 is 0 Å². The van der Waals surface area contributed by atoms with Gasteiger partial charge in [-0.1, -0.05) is 6.92 Å². The third-order valence-corrected chi connectivity index (χ3v) is 8.01. The third kappa shape index (κ3) is 8.07. The molecule has 13 nitrogen and oxygen atoms in total. The van der Waals surface area contributed by atoms with Crippen molar-refractivity contribution in [3.8, 4) is 0 Å². The monoisotopic (exact) mass is 534 g/mol. The maximum Gasteiger partial charge on any atom is 0.331 e. The van der Waals surface area contributed by atoms with Gasteiger partial charge in [0.25, 0.3) is 5.56 Å². The van der Waals surface area contributed by atoms with Crippen LogP contribution in [0.25, 0.3) is 0 Å². The van der Waals surface area contributed by atoms with E-state index in [9.17, 15) is 24.1 Å². The van der Waals surface area contributed by atoms with Crippen LogP contribution in [0.5, 0.6) is 0 Å². The lowest BCUT2D eigenvalue weighted by molar-refractivity contribution is -0.133. The number of hydrogen-bond donors (Lipinski definition) is 3. The number of H-pyrrole nitrogens is 1. The fraction of sp³-hybridized carbons (Fsp3) is 0.773. The number of aliphatic hydroxyl groups is 1. The average Bonchev–Trinajstić information content (AvgIpc) is 3.10. The number of ether oxygens (including phenoxy) is 2. The van der Waals surface area contributed by atoms with E-state index in [1.807, 2.05) is 19.0 Å². The predicted molar refractivity (Wildman–Crippen MR) is 132 cm³/mol. The van der Waals surface area contributed by atoms with Crippen molar-refractivity contribution in [1.82, 2.24) is 19.8 Å². The maximum absolute atomic E-state index is 13.1. The summed E-state index contributed by atoms with van der Waals surface area (Å²) in [7, 11) is 0.294. The topological polar surface area (TPSA) is 161 Å². The first-order valence-corrected chi connectivity index (χ1v) is 13.7. The van der Waals surface area contributed by atoms with Crippen LogP contribution >= 0.6 is 7.60 Å². The molecule has 0 radical (unpaired) electrons. The Bertz CT molecular complexity index is 1020. The number of carbonyl (C=O) groups is 1. The number of aromatic nitrogens is 2. The van der Waals surface area contributed by atoms with E-state index in [1.54, 1.807) is 20.8 Å². The van der Waals surface area contributed by atoms with Gasteiger partial charge in [0.1, 0.15) is 18.8 Å². The van der Waals surface area contributed by atoms with E-state index in [1.165, 1.54) is 13.1 Å². The second-order valence-corrected chi connectivity index (χ2v) is 11.1. The first-order chi connectivity index (χ1) is 16.9. The smallest absolute Gasteiger partial charge is 0.331 e. The molecule has 36 heavy (non-hydrogen) atoms. The number of aryl methyl sites for hydroxylation is 1. The number of carbonyl (C=O) groups excluding carboxylic acids is 1. The van der Waals surface area contributed by atoms with Crippen LogP contribution in [0, 0.1) is 12.8 Å². The number of aliphatic hydroxyl groups excluding tert-OH is 1. The molecule has 2 heterocycles. The van der Waals surface area contributed by atoms with Gasteiger partial charge < -0.3 is 33.8 Å². The lowest BCUT2D eigenvalue weighted by Gasteiger charge is -2.26. The summed E-state index contributed by atoms with van der Waals surface area (Å²) in [4.78, 5) is 40.8. The summed E-state index contributed by atoms with van der Waals surface area (Å²) in [5.41, 5.74) is -1.05. The largest absolute Gasteiger partial charge is 0.387 e. The molecule has 1 saturated heterocycles. The zero-order chi connectivity index (χ0) is 27.0. The number of rotatable bonds is 14. The van der Waals surface area contributed by atoms with Crippen LogP contribution in [0.15, 0.2) is 15.8 Å². The molecule has 0 saturated carbocycles. The summed E-state index contributed by atoms with van der Waals surface area (Å²) in [5.74, 6) is -0.935. The molecule has 2 rings (SSSR count). The molecule has 1 aliphatic heterocycles. The Labute approximate surface area is 210 Å². The minimum Gasteiger partial charge on any atom is -0.387 e. The van der Waals surface area contributed by atoms with Gasteiger partial charge in [-0.15, -0.1) is 0 Å². The molecule has 1 aliphatic rings. The molecule has 1 aromatic heterocycles. The highest BCUT2D eigenvalue weighted by atomic mass is 31.2. The molecule has 0 bridgehead atoms. The number of amides is 1. The first kappa shape index (κ1) is 30.4. The number of hydrogen-bond acceptors (Lipinski definition) is 10. The van der Waals surface area contributed by atoms with Crippen LogP contribution in [0.3, 0.4) is 0 Å². The molecule has 0 unspecified atom stereocenters. The van der Waals surface area contributed by atoms with Gasteiger partial charge in [-0.2, -0.15) is 0 Å². The van der Waals surface area contributed by atoms with Crippen LogP contribution in [-0.4, -0.2) is 96.9 Å². The minimum atomic E-state index is -3.46. The standard InChI is InChI=1S/C22H39N4O9P/c1-7-33-36(31,34-8-2)13-15(4)18-17(28)19(32-12-16(27)23-9-10-25(5)6)21(35-18)26-11-14(3)20(29)24-22(26)30/h11,15,17-19,21,28H,7-10,12-13H2,1-6H3,(H,23,27)(H,24,29,30)/t15-,17-,18-,19-,21-/m1/s1. The summed E-state index contributed by atoms with van der Waals surface area (Å²) in [5, 5.41) is 13.9. The highest BCUT2D eigenvalue weighted by Gasteiger charge is 2.49. The van der Waals surface area contributed by atoms with Crippen molar-refractivity contribution < 1.29 is 33.0 Å². The lowest BCUT2D eigenvalue weighted by Crippen LogP contribution is -2.42. The van der Waals surface area contributed by atoms with Gasteiger partial charge in [-0.05, 0) is 40.8 Å². The van der Waals surface area contributed by atoms with Crippen molar-refractivity contribution in [3.63, 3.8) is 0 Å². The van der Waals surface area contributed by atoms with Gasteiger partial charge in [-0.25, -0.2) is 4.79 Å². The molecule has 0 aliphatic carbocycles. The van der Waals surface area contributed by atoms with Crippen LogP contribution in [0.4, 0.5) is 0 Å². The zero-order valence-corrected chi connectivity index (χ0v) is 22.7. The maximum atomic E-state index is 13.1. The molecule has 206 valence electrons. The summed E-state index contributed by atoms with van der Waals surface area (Å²) >= 11 is 0. The van der Waals surface area contributed by atoms with Crippen molar-refractivity contribution in [2.45, 2.75) is 52.2 Å². The van der Waals surface area contributed by atoms with Gasteiger partial charge in [-0.3, -0.25) is 23.7 Å². The van der Waals surface area contributed by atoms with E-state index in [0.29, 0.717) is 13.1 Å². The number of nitrogens with one attached hydrogen (secondary N) is 2. The van der Waals surface area contributed by atoms with Gasteiger partial charge in [0.2, 0.25) is 5.91 Å². The van der Waals surface area contributed by atoms with E-state index < -0.39 is 55.2 Å². The van der Waals surface area contributed by atoms with Crippen molar-refractivity contribution in [2.24, 2.45) is 5.92 Å². The van der Waals surface area contributed by atoms with Crippen molar-refractivity contribution in [2.75, 3.05) is 53.2 Å². The summed E-state index contributed by atoms with van der Waals surface area (Å²) in [6, 6.07) is 0. The molecule has 14 heteroatoms. The Morgan fingerprint density at radius 3 is 2.53 bits per heavy atom. The van der Waals surface area contributed by atoms with Gasteiger partial charge >= 0.3 is 13.3 Å². The number of aromatic amines is 1. The second kappa shape index (κ2) is 13.6. The summed E-state index contributed by atoms with van der Waals surface area (Å²) < 4.78 is 36.7. The van der Waals surface area contributed by atoms with Gasteiger partial charge in [0.05, 0.1) is 25.5 Å². The van der Waals surface area contributed by atoms with Crippen molar-refractivity contribution in [3.05, 3.63) is 32.6 Å². The minimum absolute atomic E-state index is 0.0413. The zero-order valence-electron chi connectivity index (χ0n) is 21.8. The quantitative estimate of drug-likeness (QED) is 0.279. The molecule has 1 aromatic rings. The fourth-order valence-electron chi connectivity index (χ4n) is 3.96. The van der Waals surface area contributed by atoms with E-state index in [4.69, 9.17) is 18.5 Å². The Balaban J connectivity index is 2.27. The Kier molecular flexibility index (Phi) is 11.5. The summed E-state index contributed by atoms with van der Waals surface area (Å²) in [6.45, 7) is 7.66. The molecule has 5 atom stereocenters. The van der Waals surface area contributed by atoms with Gasteiger partial charge in [0, 0.05) is 24.8 Å². The van der Waals surface area contributed by atoms with Crippen LogP contribution in [0.1, 0.15) is 32.6 Å². The SMILES string of the molecule is CCOP(=O)(C[C@@H](C)[C@H]1O[C@@H](n2cc(C)c(=O)[nH]c2=O)[C@H](OCC(=O)NCCN(C)C)[C@@H]1O)OCC. The van der Waals surface area contributed by atoms with Crippen LogP contribution < -0.4 is 16.6 Å². The molecule has 0 aromatic carbocycles. The highest BCUT2D eigenvalue weighted by molar-refractivity contribution is 7.53. The lowest BCUT2D eigenvalue weighted by atomic mass is 10.00. The van der Waals surface area contributed by atoms with E-state index in [-0.39, 0.29) is 31.5 Å². The average molecular weight is 535 g/mol. The van der Waals surface area contributed by atoms with Crippen molar-refractivity contribution in [1.29, 1.82) is 0 Å². The van der Waals surface area contributed by atoms with Crippen molar-refractivity contribution >= 4 is 13.5 Å².